The summed E-state index contributed by atoms with van der Waals surface area (Å²) in [6.07, 6.45) is 4.97. The maximum atomic E-state index is 12.2. The van der Waals surface area contributed by atoms with Crippen LogP contribution in [0.2, 0.25) is 0 Å². The van der Waals surface area contributed by atoms with Gasteiger partial charge >= 0.3 is 0 Å². The maximum absolute atomic E-state index is 12.2. The molecule has 20 heavy (non-hydrogen) atoms. The smallest absolute Gasteiger partial charge is 0.240 e. The summed E-state index contributed by atoms with van der Waals surface area (Å²) in [7, 11) is -5.24. The first-order valence-corrected chi connectivity index (χ1v) is 10.5. The number of rotatable bonds is 4. The van der Waals surface area contributed by atoms with Gasteiger partial charge in [-0.3, -0.25) is 4.79 Å². The van der Waals surface area contributed by atoms with Gasteiger partial charge in [-0.15, -0.1) is 0 Å². The van der Waals surface area contributed by atoms with E-state index in [4.69, 9.17) is 0 Å². The molecule has 0 bridgehead atoms. The molecule has 0 spiro atoms. The average Bonchev–Trinajstić information content (AvgIpc) is 2.34. The van der Waals surface area contributed by atoms with Gasteiger partial charge < -0.3 is 4.90 Å². The van der Waals surface area contributed by atoms with Gasteiger partial charge in [0.15, 0.2) is 19.7 Å². The van der Waals surface area contributed by atoms with Gasteiger partial charge in [-0.05, 0) is 19.8 Å². The van der Waals surface area contributed by atoms with Crippen molar-refractivity contribution in [3.05, 3.63) is 0 Å². The molecule has 0 aromatic rings. The Morgan fingerprint density at radius 1 is 1.10 bits per heavy atom. The third kappa shape index (κ3) is 3.94. The second-order valence-corrected chi connectivity index (χ2v) is 10.3. The molecule has 0 N–H and O–H groups in total. The van der Waals surface area contributed by atoms with Gasteiger partial charge in [-0.2, -0.15) is 0 Å². The summed E-state index contributed by atoms with van der Waals surface area (Å²) < 4.78 is 46.6. The van der Waals surface area contributed by atoms with Crippen LogP contribution in [0.4, 0.5) is 0 Å². The summed E-state index contributed by atoms with van der Waals surface area (Å²) in [5.41, 5.74) is 0. The number of carbonyl (C=O) groups is 1. The van der Waals surface area contributed by atoms with Crippen molar-refractivity contribution in [2.24, 2.45) is 0 Å². The minimum Gasteiger partial charge on any atom is -0.340 e. The Labute approximate surface area is 121 Å². The van der Waals surface area contributed by atoms with Crippen molar-refractivity contribution in [3.63, 3.8) is 0 Å². The number of nitrogens with zero attached hydrogens (tertiary/aromatic N) is 1. The zero-order valence-electron chi connectivity index (χ0n) is 12.4. The molecule has 0 radical (unpaired) electrons. The second-order valence-electron chi connectivity index (χ2n) is 5.64. The van der Waals surface area contributed by atoms with E-state index in [0.29, 0.717) is 12.8 Å². The topological polar surface area (TPSA) is 88.6 Å². The lowest BCUT2D eigenvalue weighted by molar-refractivity contribution is -0.131. The molecule has 3 atom stereocenters. The molecule has 1 rings (SSSR count). The third-order valence-corrected chi connectivity index (χ3v) is 7.19. The monoisotopic (exact) mass is 325 g/mol. The predicted molar refractivity (Wildman–Crippen MR) is 78.0 cm³/mol. The van der Waals surface area contributed by atoms with Crippen LogP contribution in [0.1, 0.15) is 32.6 Å². The zero-order chi connectivity index (χ0) is 15.7. The highest BCUT2D eigenvalue weighted by atomic mass is 32.2. The van der Waals surface area contributed by atoms with Gasteiger partial charge in [0.25, 0.3) is 0 Å². The van der Waals surface area contributed by atoms with Crippen molar-refractivity contribution in [2.75, 3.05) is 19.6 Å². The number of hydrogen-bond donors (Lipinski definition) is 0. The summed E-state index contributed by atoms with van der Waals surface area (Å²) in [6, 6.07) is -0.435. The number of amides is 1. The zero-order valence-corrected chi connectivity index (χ0v) is 14.0. The van der Waals surface area contributed by atoms with Crippen LogP contribution in [-0.2, 0) is 24.5 Å². The van der Waals surface area contributed by atoms with Crippen LogP contribution in [0.5, 0.6) is 0 Å². The average molecular weight is 325 g/mol. The molecule has 8 heteroatoms. The van der Waals surface area contributed by atoms with E-state index in [1.165, 1.54) is 25.1 Å². The molecule has 1 fully saturated rings. The van der Waals surface area contributed by atoms with Gasteiger partial charge in [0.1, 0.15) is 5.25 Å². The van der Waals surface area contributed by atoms with E-state index in [-0.39, 0.29) is 0 Å². The van der Waals surface area contributed by atoms with Gasteiger partial charge in [-0.1, -0.05) is 12.8 Å². The Bertz CT molecular complexity index is 567. The number of hydrogen-bond acceptors (Lipinski definition) is 5. The number of carbonyl (C=O) groups excluding carboxylic acids is 1. The highest BCUT2D eigenvalue weighted by Gasteiger charge is 2.39. The summed E-state index contributed by atoms with van der Waals surface area (Å²) in [6.45, 7) is 1.34. The summed E-state index contributed by atoms with van der Waals surface area (Å²) in [5, 5.41) is -1.74. The van der Waals surface area contributed by atoms with E-state index in [9.17, 15) is 21.6 Å². The van der Waals surface area contributed by atoms with Crippen LogP contribution in [0.15, 0.2) is 0 Å². The Morgan fingerprint density at radius 2 is 1.60 bits per heavy atom. The lowest BCUT2D eigenvalue weighted by Crippen LogP contribution is -2.52. The maximum Gasteiger partial charge on any atom is 0.240 e. The van der Waals surface area contributed by atoms with E-state index >= 15 is 0 Å². The van der Waals surface area contributed by atoms with Crippen LogP contribution in [-0.4, -0.2) is 63.7 Å². The van der Waals surface area contributed by atoms with Crippen molar-refractivity contribution >= 4 is 25.6 Å². The fraction of sp³-hybridized carbons (Fsp3) is 0.917. The Balaban J connectivity index is 2.99. The molecule has 0 saturated heterocycles. The fourth-order valence-electron chi connectivity index (χ4n) is 2.65. The lowest BCUT2D eigenvalue weighted by Gasteiger charge is -2.37. The molecule has 0 aromatic carbocycles. The third-order valence-electron chi connectivity index (χ3n) is 4.05. The lowest BCUT2D eigenvalue weighted by atomic mass is 9.93. The van der Waals surface area contributed by atoms with Crippen molar-refractivity contribution in [1.82, 2.24) is 4.90 Å². The first-order valence-electron chi connectivity index (χ1n) is 6.60. The van der Waals surface area contributed by atoms with Crippen LogP contribution in [0.3, 0.4) is 0 Å². The minimum atomic E-state index is -3.48. The highest BCUT2D eigenvalue weighted by molar-refractivity contribution is 7.92. The van der Waals surface area contributed by atoms with Gasteiger partial charge in [0, 0.05) is 25.6 Å². The van der Waals surface area contributed by atoms with Crippen molar-refractivity contribution in [2.45, 2.75) is 49.1 Å². The minimum absolute atomic E-state index is 0.435. The SMILES string of the molecule is CC(C(=O)N(C)C1CCCCC1S(C)(=O)=O)S(C)(=O)=O. The van der Waals surface area contributed by atoms with E-state index in [2.05, 4.69) is 0 Å². The molecule has 1 aliphatic rings. The molecule has 0 aliphatic heterocycles. The van der Waals surface area contributed by atoms with Crippen LogP contribution >= 0.6 is 0 Å². The predicted octanol–water partition coefficient (Wildman–Crippen LogP) is 0.234. The standard InChI is InChI=1S/C12H23NO5S2/c1-9(19(3,15)16)12(14)13(2)10-7-5-6-8-11(10)20(4,17)18/h9-11H,5-8H2,1-4H3. The van der Waals surface area contributed by atoms with Crippen molar-refractivity contribution in [1.29, 1.82) is 0 Å². The number of sulfone groups is 2. The molecule has 1 amide bonds. The fourth-order valence-corrected chi connectivity index (χ4v) is 4.67. The second kappa shape index (κ2) is 6.01. The summed E-state index contributed by atoms with van der Waals surface area (Å²) in [4.78, 5) is 13.5. The molecule has 6 nitrogen and oxygen atoms in total. The molecule has 1 aliphatic carbocycles. The van der Waals surface area contributed by atoms with Gasteiger partial charge in [-0.25, -0.2) is 16.8 Å². The quantitative estimate of drug-likeness (QED) is 0.738. The van der Waals surface area contributed by atoms with Crippen LogP contribution in [0.25, 0.3) is 0 Å². The molecule has 118 valence electrons. The first-order chi connectivity index (χ1) is 8.96. The Hall–Kier alpha value is -0.630. The van der Waals surface area contributed by atoms with Gasteiger partial charge in [0.2, 0.25) is 5.91 Å². The molecular formula is C12H23NO5S2. The summed E-state index contributed by atoms with van der Waals surface area (Å²) in [5.74, 6) is -0.534. The largest absolute Gasteiger partial charge is 0.340 e. The highest BCUT2D eigenvalue weighted by Crippen LogP contribution is 2.28. The molecule has 0 aromatic heterocycles. The van der Waals surface area contributed by atoms with E-state index in [1.54, 1.807) is 0 Å². The Morgan fingerprint density at radius 3 is 2.05 bits per heavy atom. The van der Waals surface area contributed by atoms with Crippen molar-refractivity contribution in [3.8, 4) is 0 Å². The normalized spacial score (nSPS) is 26.0. The molecule has 3 unspecified atom stereocenters. The Kier molecular flexibility index (Phi) is 5.23. The summed E-state index contributed by atoms with van der Waals surface area (Å²) >= 11 is 0. The van der Waals surface area contributed by atoms with Crippen LogP contribution in [0, 0.1) is 0 Å². The van der Waals surface area contributed by atoms with E-state index < -0.39 is 42.1 Å². The van der Waals surface area contributed by atoms with Crippen LogP contribution < -0.4 is 0 Å². The first kappa shape index (κ1) is 17.4. The van der Waals surface area contributed by atoms with Crippen molar-refractivity contribution < 1.29 is 21.6 Å². The van der Waals surface area contributed by atoms with Gasteiger partial charge in [0.05, 0.1) is 5.25 Å². The molecular weight excluding hydrogens is 302 g/mol. The van der Waals surface area contributed by atoms with E-state index in [0.717, 1.165) is 19.1 Å². The molecule has 0 heterocycles. The van der Waals surface area contributed by atoms with E-state index in [1.807, 2.05) is 0 Å². The molecule has 1 saturated carbocycles.